The Morgan fingerprint density at radius 3 is 2.39 bits per heavy atom. The van der Waals surface area contributed by atoms with Gasteiger partial charge >= 0.3 is 0 Å². The highest BCUT2D eigenvalue weighted by Gasteiger charge is 2.16. The van der Waals surface area contributed by atoms with Gasteiger partial charge in [0.05, 0.1) is 21.3 Å². The molecular weight excluding hydrogens is 391 g/mol. The first-order valence-electron chi connectivity index (χ1n) is 9.04. The molecule has 1 amide bonds. The zero-order valence-electron chi connectivity index (χ0n) is 15.3. The van der Waals surface area contributed by atoms with Crippen LogP contribution in [0.15, 0.2) is 65.7 Å². The van der Waals surface area contributed by atoms with Crippen molar-refractivity contribution in [2.24, 2.45) is 4.99 Å². The monoisotopic (exact) mass is 408 g/mol. The third-order valence-corrected chi connectivity index (χ3v) is 5.42. The molecule has 0 radical (unpaired) electrons. The second kappa shape index (κ2) is 7.78. The van der Waals surface area contributed by atoms with Crippen LogP contribution in [0.1, 0.15) is 33.5 Å². The second-order valence-electron chi connectivity index (χ2n) is 6.82. The summed E-state index contributed by atoms with van der Waals surface area (Å²) in [6.07, 6.45) is 1.88. The number of hydrogen-bond acceptors (Lipinski definition) is 2. The number of nitrogens with one attached hydrogen (secondary N) is 1. The molecule has 1 heterocycles. The topological polar surface area (TPSA) is 41.5 Å². The van der Waals surface area contributed by atoms with Gasteiger partial charge in [-0.2, -0.15) is 0 Å². The van der Waals surface area contributed by atoms with E-state index in [9.17, 15) is 4.79 Å². The van der Waals surface area contributed by atoms with Crippen LogP contribution in [0, 0.1) is 6.92 Å². The van der Waals surface area contributed by atoms with Crippen molar-refractivity contribution in [3.05, 3.63) is 93.0 Å². The zero-order chi connectivity index (χ0) is 19.7. The molecule has 1 aliphatic heterocycles. The maximum atomic E-state index is 12.5. The summed E-state index contributed by atoms with van der Waals surface area (Å²) in [4.78, 5) is 17.3. The van der Waals surface area contributed by atoms with Gasteiger partial charge < -0.3 is 5.32 Å². The number of amides is 1. The fourth-order valence-corrected chi connectivity index (χ4v) is 3.88. The summed E-state index contributed by atoms with van der Waals surface area (Å²) in [7, 11) is 0. The molecule has 0 saturated carbocycles. The summed E-state index contributed by atoms with van der Waals surface area (Å²) in [5.41, 5.74) is 6.61. The molecule has 140 valence electrons. The number of nitrogens with zero attached hydrogens (tertiary/aromatic N) is 1. The maximum Gasteiger partial charge on any atom is 0.258 e. The van der Waals surface area contributed by atoms with Crippen LogP contribution in [0.4, 0.5) is 11.4 Å². The highest BCUT2D eigenvalue weighted by Crippen LogP contribution is 2.29. The van der Waals surface area contributed by atoms with E-state index in [0.29, 0.717) is 15.7 Å². The van der Waals surface area contributed by atoms with Crippen molar-refractivity contribution < 1.29 is 4.79 Å². The van der Waals surface area contributed by atoms with Gasteiger partial charge in [-0.15, -0.1) is 0 Å². The van der Waals surface area contributed by atoms with Crippen molar-refractivity contribution >= 4 is 46.2 Å². The van der Waals surface area contributed by atoms with Gasteiger partial charge in [-0.05, 0) is 66.8 Å². The molecule has 1 N–H and O–H groups in total. The molecule has 3 nitrogen and oxygen atoms in total. The fourth-order valence-electron chi connectivity index (χ4n) is 3.31. The molecule has 0 spiro atoms. The minimum atomic E-state index is -0.331. The first-order valence-corrected chi connectivity index (χ1v) is 9.80. The van der Waals surface area contributed by atoms with Crippen LogP contribution in [0.25, 0.3) is 0 Å². The summed E-state index contributed by atoms with van der Waals surface area (Å²) < 4.78 is 0. The summed E-state index contributed by atoms with van der Waals surface area (Å²) in [5.74, 6) is -0.331. The average molecular weight is 409 g/mol. The molecule has 0 atom stereocenters. The lowest BCUT2D eigenvalue weighted by Crippen LogP contribution is -2.13. The number of hydrogen-bond donors (Lipinski definition) is 1. The van der Waals surface area contributed by atoms with Gasteiger partial charge in [0.15, 0.2) is 0 Å². The number of carbonyl (C=O) groups excluding carboxylic acids is 1. The van der Waals surface area contributed by atoms with E-state index >= 15 is 0 Å². The highest BCUT2D eigenvalue weighted by atomic mass is 35.5. The van der Waals surface area contributed by atoms with Crippen LogP contribution in [-0.4, -0.2) is 11.6 Å². The Labute approximate surface area is 174 Å². The SMILES string of the molecule is Cc1ccc2c(c1)N=C(c1ccc(NC(=O)c3c(Cl)cccc3Cl)cc1)CC2. The van der Waals surface area contributed by atoms with E-state index in [2.05, 4.69) is 30.4 Å². The molecule has 5 heteroatoms. The van der Waals surface area contributed by atoms with Crippen molar-refractivity contribution in [2.75, 3.05) is 5.32 Å². The molecular formula is C23H18Cl2N2O. The summed E-state index contributed by atoms with van der Waals surface area (Å²) >= 11 is 12.2. The van der Waals surface area contributed by atoms with Crippen molar-refractivity contribution in [1.29, 1.82) is 0 Å². The van der Waals surface area contributed by atoms with Gasteiger partial charge in [0.2, 0.25) is 0 Å². The molecule has 3 aromatic rings. The first-order chi connectivity index (χ1) is 13.5. The largest absolute Gasteiger partial charge is 0.322 e. The minimum Gasteiger partial charge on any atom is -0.322 e. The summed E-state index contributed by atoms with van der Waals surface area (Å²) in [6, 6.07) is 19.1. The Kier molecular flexibility index (Phi) is 5.21. The molecule has 3 aromatic carbocycles. The van der Waals surface area contributed by atoms with Gasteiger partial charge in [0.1, 0.15) is 0 Å². The lowest BCUT2D eigenvalue weighted by Gasteiger charge is -2.16. The molecule has 4 rings (SSSR count). The number of anilines is 1. The van der Waals surface area contributed by atoms with Crippen molar-refractivity contribution in [1.82, 2.24) is 0 Å². The van der Waals surface area contributed by atoms with E-state index in [4.69, 9.17) is 28.2 Å². The van der Waals surface area contributed by atoms with Crippen molar-refractivity contribution in [2.45, 2.75) is 19.8 Å². The third-order valence-electron chi connectivity index (χ3n) is 4.79. The number of halogens is 2. The molecule has 28 heavy (non-hydrogen) atoms. The van der Waals surface area contributed by atoms with E-state index in [1.54, 1.807) is 18.2 Å². The standard InChI is InChI=1S/C23H18Cl2N2O/c1-14-5-6-16-9-12-20(27-21(16)13-14)15-7-10-17(11-8-15)26-23(28)22-18(24)3-2-4-19(22)25/h2-8,10-11,13H,9,12H2,1H3,(H,26,28). The second-order valence-corrected chi connectivity index (χ2v) is 7.63. The number of rotatable bonds is 3. The summed E-state index contributed by atoms with van der Waals surface area (Å²) in [6.45, 7) is 2.08. The molecule has 1 aliphatic rings. The first kappa shape index (κ1) is 18.7. The van der Waals surface area contributed by atoms with E-state index < -0.39 is 0 Å². The van der Waals surface area contributed by atoms with Gasteiger partial charge in [0.25, 0.3) is 5.91 Å². The molecule has 0 bridgehead atoms. The van der Waals surface area contributed by atoms with Crippen LogP contribution in [0.5, 0.6) is 0 Å². The molecule has 0 saturated heterocycles. The average Bonchev–Trinajstić information content (AvgIpc) is 2.68. The third kappa shape index (κ3) is 3.82. The van der Waals surface area contributed by atoms with Crippen LogP contribution in [-0.2, 0) is 6.42 Å². The molecule has 0 aromatic heterocycles. The Hall–Kier alpha value is -2.62. The fraction of sp³-hybridized carbons (Fsp3) is 0.130. The minimum absolute atomic E-state index is 0.276. The van der Waals surface area contributed by atoms with Crippen LogP contribution in [0.3, 0.4) is 0 Å². The lowest BCUT2D eigenvalue weighted by atomic mass is 9.96. The number of benzene rings is 3. The van der Waals surface area contributed by atoms with Gasteiger partial charge in [-0.25, -0.2) is 0 Å². The van der Waals surface area contributed by atoms with Crippen LogP contribution in [0.2, 0.25) is 10.0 Å². The van der Waals surface area contributed by atoms with E-state index in [1.165, 1.54) is 11.1 Å². The van der Waals surface area contributed by atoms with Gasteiger partial charge in [0, 0.05) is 11.4 Å². The van der Waals surface area contributed by atoms with E-state index in [1.807, 2.05) is 24.3 Å². The van der Waals surface area contributed by atoms with Gasteiger partial charge in [-0.3, -0.25) is 9.79 Å². The molecule has 0 unspecified atom stereocenters. The smallest absolute Gasteiger partial charge is 0.258 e. The van der Waals surface area contributed by atoms with Crippen molar-refractivity contribution in [3.63, 3.8) is 0 Å². The predicted octanol–water partition coefficient (Wildman–Crippen LogP) is 6.62. The number of fused-ring (bicyclic) bond motifs is 1. The van der Waals surface area contributed by atoms with Gasteiger partial charge in [-0.1, -0.05) is 53.5 Å². The Morgan fingerprint density at radius 1 is 0.964 bits per heavy atom. The zero-order valence-corrected chi connectivity index (χ0v) is 16.8. The van der Waals surface area contributed by atoms with Crippen LogP contribution < -0.4 is 5.32 Å². The molecule has 0 aliphatic carbocycles. The number of aryl methyl sites for hydroxylation is 2. The maximum absolute atomic E-state index is 12.5. The van der Waals surface area contributed by atoms with Crippen LogP contribution >= 0.6 is 23.2 Å². The summed E-state index contributed by atoms with van der Waals surface area (Å²) in [5, 5.41) is 3.50. The number of carbonyl (C=O) groups is 1. The normalized spacial score (nSPS) is 12.9. The Morgan fingerprint density at radius 2 is 1.68 bits per heavy atom. The predicted molar refractivity (Wildman–Crippen MR) is 117 cm³/mol. The van der Waals surface area contributed by atoms with Crippen molar-refractivity contribution in [3.8, 4) is 0 Å². The lowest BCUT2D eigenvalue weighted by molar-refractivity contribution is 0.102. The van der Waals surface area contributed by atoms with E-state index in [-0.39, 0.29) is 11.5 Å². The van der Waals surface area contributed by atoms with E-state index in [0.717, 1.165) is 29.8 Å². The quantitative estimate of drug-likeness (QED) is 0.519. The molecule has 0 fully saturated rings. The Balaban J connectivity index is 1.54. The highest BCUT2D eigenvalue weighted by molar-refractivity contribution is 6.40. The Bertz CT molecular complexity index is 1070. The number of aliphatic imine (C=N–C) groups is 1.